The molecule has 0 atom stereocenters. The Morgan fingerprint density at radius 3 is 2.64 bits per heavy atom. The van der Waals surface area contributed by atoms with E-state index in [4.69, 9.17) is 0 Å². The van der Waals surface area contributed by atoms with E-state index in [-0.39, 0.29) is 29.9 Å². The van der Waals surface area contributed by atoms with Gasteiger partial charge in [0, 0.05) is 49.6 Å². The summed E-state index contributed by atoms with van der Waals surface area (Å²) in [6.07, 6.45) is -2.16. The summed E-state index contributed by atoms with van der Waals surface area (Å²) in [6, 6.07) is 8.65. The van der Waals surface area contributed by atoms with Crippen molar-refractivity contribution >= 4 is 11.6 Å². The largest absolute Gasteiger partial charge is 0.433 e. The molecule has 1 aliphatic rings. The van der Waals surface area contributed by atoms with Crippen LogP contribution in [0.3, 0.4) is 0 Å². The third-order valence-electron chi connectivity index (χ3n) is 5.97. The number of carbonyl (C=O) groups is 1. The van der Waals surface area contributed by atoms with Crippen molar-refractivity contribution in [1.82, 2.24) is 29.3 Å². The molecule has 1 aromatic carbocycles. The molecule has 170 valence electrons. The van der Waals surface area contributed by atoms with Crippen LogP contribution in [-0.2, 0) is 32.6 Å². The third-order valence-corrected chi connectivity index (χ3v) is 5.97. The molecule has 0 fully saturated rings. The summed E-state index contributed by atoms with van der Waals surface area (Å²) in [5, 5.41) is 8.31. The van der Waals surface area contributed by atoms with Gasteiger partial charge in [0.2, 0.25) is 0 Å². The average Bonchev–Trinajstić information content (AvgIpc) is 3.32. The van der Waals surface area contributed by atoms with Gasteiger partial charge < -0.3 is 4.90 Å². The number of amides is 1. The van der Waals surface area contributed by atoms with Gasteiger partial charge in [0.05, 0.1) is 11.4 Å². The van der Waals surface area contributed by atoms with E-state index in [0.29, 0.717) is 17.7 Å². The summed E-state index contributed by atoms with van der Waals surface area (Å²) < 4.78 is 45.0. The number of hydrogen-bond acceptors (Lipinski definition) is 4. The summed E-state index contributed by atoms with van der Waals surface area (Å²) in [6.45, 7) is 2.09. The smallest absolute Gasteiger partial charge is 0.336 e. The number of halogens is 3. The van der Waals surface area contributed by atoms with Crippen molar-refractivity contribution in [3.05, 3.63) is 70.3 Å². The number of hydrogen-bond donors (Lipinski definition) is 0. The zero-order valence-corrected chi connectivity index (χ0v) is 18.3. The molecular formula is C23H21F3N6O. The minimum atomic E-state index is -4.65. The van der Waals surface area contributed by atoms with Crippen LogP contribution < -0.4 is 0 Å². The van der Waals surface area contributed by atoms with Crippen molar-refractivity contribution in [2.24, 2.45) is 7.05 Å². The van der Waals surface area contributed by atoms with Crippen molar-refractivity contribution in [1.29, 1.82) is 0 Å². The lowest BCUT2D eigenvalue weighted by Gasteiger charge is -2.23. The molecule has 33 heavy (non-hydrogen) atoms. The molecule has 5 rings (SSSR count). The highest BCUT2D eigenvalue weighted by Gasteiger charge is 2.40. The van der Waals surface area contributed by atoms with Gasteiger partial charge in [-0.05, 0) is 25.3 Å². The lowest BCUT2D eigenvalue weighted by Crippen LogP contribution is -2.27. The maximum atomic E-state index is 14.2. The van der Waals surface area contributed by atoms with E-state index in [9.17, 15) is 18.0 Å². The highest BCUT2D eigenvalue weighted by Crippen LogP contribution is 2.40. The number of alkyl halides is 3. The summed E-state index contributed by atoms with van der Waals surface area (Å²) >= 11 is 0. The Morgan fingerprint density at radius 1 is 1.18 bits per heavy atom. The van der Waals surface area contributed by atoms with Crippen molar-refractivity contribution in [3.8, 4) is 11.3 Å². The predicted octanol–water partition coefficient (Wildman–Crippen LogP) is 3.83. The van der Waals surface area contributed by atoms with Gasteiger partial charge in [-0.25, -0.2) is 9.50 Å². The molecule has 7 nitrogen and oxygen atoms in total. The first kappa shape index (κ1) is 21.2. The van der Waals surface area contributed by atoms with E-state index < -0.39 is 17.8 Å². The van der Waals surface area contributed by atoms with Gasteiger partial charge in [-0.2, -0.15) is 23.4 Å². The van der Waals surface area contributed by atoms with Crippen LogP contribution in [0.5, 0.6) is 0 Å². The molecule has 4 aromatic rings. The summed E-state index contributed by atoms with van der Waals surface area (Å²) in [5.41, 5.74) is 2.70. The molecule has 0 N–H and O–H groups in total. The summed E-state index contributed by atoms with van der Waals surface area (Å²) in [4.78, 5) is 19.0. The van der Waals surface area contributed by atoms with Crippen molar-refractivity contribution in [2.75, 3.05) is 7.05 Å². The first-order chi connectivity index (χ1) is 15.6. The second kappa shape index (κ2) is 7.43. The Balaban J connectivity index is 1.60. The van der Waals surface area contributed by atoms with Crippen LogP contribution in [0.2, 0.25) is 0 Å². The molecule has 0 radical (unpaired) electrons. The van der Waals surface area contributed by atoms with Crippen molar-refractivity contribution in [2.45, 2.75) is 32.5 Å². The number of benzene rings is 1. The molecule has 3 aromatic heterocycles. The fraction of sp³-hybridized carbons (Fsp3) is 0.304. The maximum absolute atomic E-state index is 14.2. The van der Waals surface area contributed by atoms with Crippen LogP contribution in [0.15, 0.2) is 36.5 Å². The highest BCUT2D eigenvalue weighted by atomic mass is 19.4. The van der Waals surface area contributed by atoms with Gasteiger partial charge in [-0.1, -0.05) is 24.3 Å². The fourth-order valence-corrected chi connectivity index (χ4v) is 4.45. The Bertz CT molecular complexity index is 1400. The van der Waals surface area contributed by atoms with E-state index in [1.807, 2.05) is 19.1 Å². The lowest BCUT2D eigenvalue weighted by atomic mass is 9.88. The van der Waals surface area contributed by atoms with Gasteiger partial charge in [-0.3, -0.25) is 9.48 Å². The molecule has 0 aliphatic heterocycles. The Kier molecular flexibility index (Phi) is 4.77. The first-order valence-electron chi connectivity index (χ1n) is 10.5. The van der Waals surface area contributed by atoms with E-state index in [1.165, 1.54) is 11.0 Å². The summed E-state index contributed by atoms with van der Waals surface area (Å²) in [5.74, 6) is -0.491. The number of aryl methyl sites for hydroxylation is 3. The average molecular weight is 454 g/mol. The van der Waals surface area contributed by atoms with Crippen LogP contribution >= 0.6 is 0 Å². The second-order valence-electron chi connectivity index (χ2n) is 8.32. The number of carbonyl (C=O) groups excluding carboxylic acids is 1. The second-order valence-corrected chi connectivity index (χ2v) is 8.32. The molecule has 0 spiro atoms. The predicted molar refractivity (Wildman–Crippen MR) is 115 cm³/mol. The lowest BCUT2D eigenvalue weighted by molar-refractivity contribution is -0.143. The zero-order chi connectivity index (χ0) is 23.5. The van der Waals surface area contributed by atoms with Crippen LogP contribution in [0.1, 0.15) is 38.6 Å². The van der Waals surface area contributed by atoms with Crippen molar-refractivity contribution < 1.29 is 18.0 Å². The normalized spacial score (nSPS) is 13.2. The van der Waals surface area contributed by atoms with Crippen LogP contribution in [0.25, 0.3) is 16.9 Å². The molecule has 10 heteroatoms. The van der Waals surface area contributed by atoms with E-state index in [0.717, 1.165) is 21.3 Å². The van der Waals surface area contributed by atoms with Crippen LogP contribution in [-0.4, -0.2) is 42.2 Å². The minimum absolute atomic E-state index is 0.00733. The maximum Gasteiger partial charge on any atom is 0.433 e. The quantitative estimate of drug-likeness (QED) is 0.472. The summed E-state index contributed by atoms with van der Waals surface area (Å²) in [7, 11) is 3.36. The van der Waals surface area contributed by atoms with E-state index in [1.54, 1.807) is 37.1 Å². The molecular weight excluding hydrogens is 433 g/mol. The van der Waals surface area contributed by atoms with Crippen LogP contribution in [0, 0.1) is 6.92 Å². The monoisotopic (exact) mass is 454 g/mol. The van der Waals surface area contributed by atoms with Gasteiger partial charge in [0.25, 0.3) is 5.91 Å². The zero-order valence-electron chi connectivity index (χ0n) is 18.3. The number of nitrogens with zero attached hydrogens (tertiary/aromatic N) is 6. The third kappa shape index (κ3) is 3.55. The van der Waals surface area contributed by atoms with Gasteiger partial charge in [-0.15, -0.1) is 0 Å². The molecule has 0 saturated carbocycles. The fourth-order valence-electron chi connectivity index (χ4n) is 4.45. The standard InChI is InChI=1S/C23H21F3N6O/c1-13-15(12-31(3)28-13)11-30(2)22(33)18-10-19-27-20-16-7-5-4-6-14(16)8-9-17(20)21(23(24,25)26)32(19)29-18/h4-7,10,12H,8-9,11H2,1-3H3. The number of rotatable bonds is 3. The van der Waals surface area contributed by atoms with Gasteiger partial charge >= 0.3 is 6.18 Å². The van der Waals surface area contributed by atoms with Crippen LogP contribution in [0.4, 0.5) is 13.2 Å². The van der Waals surface area contributed by atoms with Gasteiger partial charge in [0.15, 0.2) is 17.0 Å². The molecule has 1 aliphatic carbocycles. The molecule has 0 bridgehead atoms. The van der Waals surface area contributed by atoms with Gasteiger partial charge in [0.1, 0.15) is 0 Å². The number of fused-ring (bicyclic) bond motifs is 4. The molecule has 0 unspecified atom stereocenters. The van der Waals surface area contributed by atoms with E-state index in [2.05, 4.69) is 15.2 Å². The Morgan fingerprint density at radius 2 is 1.94 bits per heavy atom. The SMILES string of the molecule is Cc1nn(C)cc1CN(C)C(=O)c1cc2nc3c(c(C(F)(F)F)n2n1)CCc1ccccc1-3. The highest BCUT2D eigenvalue weighted by molar-refractivity contribution is 5.93. The Labute approximate surface area is 187 Å². The van der Waals surface area contributed by atoms with Crippen molar-refractivity contribution in [3.63, 3.8) is 0 Å². The molecule has 0 saturated heterocycles. The Hall–Kier alpha value is -3.69. The first-order valence-corrected chi connectivity index (χ1v) is 10.5. The topological polar surface area (TPSA) is 68.3 Å². The van der Waals surface area contributed by atoms with E-state index >= 15 is 0 Å². The molecule has 1 amide bonds. The molecule has 3 heterocycles. The minimum Gasteiger partial charge on any atom is -0.336 e. The number of aromatic nitrogens is 5.